The Morgan fingerprint density at radius 3 is 1.50 bits per heavy atom. The molecule has 0 atom stereocenters. The first-order chi connectivity index (χ1) is 4.13. The van der Waals surface area contributed by atoms with Crippen molar-refractivity contribution in [3.8, 4) is 0 Å². The molecule has 0 aromatic heterocycles. The Balaban J connectivity index is -0.000000320. The Kier molecular flexibility index (Phi) is 11.3. The maximum absolute atomic E-state index is 2.31. The van der Waals surface area contributed by atoms with Crippen molar-refractivity contribution in [2.45, 2.75) is 38.3 Å². The molecule has 0 fully saturated rings. The summed E-state index contributed by atoms with van der Waals surface area (Å²) in [6.45, 7) is 9.25. The van der Waals surface area contributed by atoms with Crippen LogP contribution in [0.4, 0.5) is 0 Å². The van der Waals surface area contributed by atoms with Crippen LogP contribution in [0.3, 0.4) is 0 Å². The van der Waals surface area contributed by atoms with Crippen molar-refractivity contribution < 1.29 is 1.43 Å². The molecular formula is C8H20AlLi. The van der Waals surface area contributed by atoms with Gasteiger partial charge in [0.2, 0.25) is 0 Å². The van der Waals surface area contributed by atoms with E-state index in [1.165, 1.54) is 10.6 Å². The van der Waals surface area contributed by atoms with E-state index in [-0.39, 0.29) is 20.3 Å². The van der Waals surface area contributed by atoms with Crippen molar-refractivity contribution in [1.29, 1.82) is 0 Å². The molecule has 0 bridgehead atoms. The minimum absolute atomic E-state index is 0. The van der Waals surface area contributed by atoms with Crippen LogP contribution in [-0.4, -0.2) is 34.1 Å². The molecule has 0 heterocycles. The van der Waals surface area contributed by atoms with Gasteiger partial charge < -0.3 is 1.43 Å². The molecular weight excluding hydrogens is 130 g/mol. The van der Waals surface area contributed by atoms with Crippen molar-refractivity contribution in [3.05, 3.63) is 0 Å². The second-order valence-corrected chi connectivity index (χ2v) is 5.07. The number of hydrogen-bond donors (Lipinski definition) is 0. The van der Waals surface area contributed by atoms with Crippen LogP contribution >= 0.6 is 0 Å². The summed E-state index contributed by atoms with van der Waals surface area (Å²) in [4.78, 5) is 0. The predicted molar refractivity (Wildman–Crippen MR) is 53.3 cm³/mol. The molecule has 0 nitrogen and oxygen atoms in total. The zero-order valence-electron chi connectivity index (χ0n) is 8.15. The normalized spacial score (nSPS) is 9.40. The minimum atomic E-state index is 0. The molecule has 0 saturated carbocycles. The SMILES string of the molecule is CC(C)[CH2][Al+][CH2]C(C)C.[H-].[LiH]. The monoisotopic (exact) mass is 150 g/mol. The van der Waals surface area contributed by atoms with E-state index >= 15 is 0 Å². The molecule has 0 aliphatic carbocycles. The zero-order chi connectivity index (χ0) is 7.28. The summed E-state index contributed by atoms with van der Waals surface area (Å²) in [7, 11) is 0. The summed E-state index contributed by atoms with van der Waals surface area (Å²) in [6, 6.07) is 0. The molecule has 0 N–H and O–H groups in total. The molecule has 56 valence electrons. The topological polar surface area (TPSA) is 0 Å². The summed E-state index contributed by atoms with van der Waals surface area (Å²) >= 11 is 0.755. The molecule has 0 aromatic carbocycles. The van der Waals surface area contributed by atoms with Gasteiger partial charge in [-0.15, -0.1) is 0 Å². The number of hydrogen-bond acceptors (Lipinski definition) is 0. The van der Waals surface area contributed by atoms with Gasteiger partial charge in [-0.05, 0) is 0 Å². The first-order valence-corrected chi connectivity index (χ1v) is 5.58. The van der Waals surface area contributed by atoms with Crippen LogP contribution in [0.5, 0.6) is 0 Å². The molecule has 0 saturated heterocycles. The van der Waals surface area contributed by atoms with Crippen molar-refractivity contribution >= 4 is 34.1 Å². The molecule has 0 radical (unpaired) electrons. The molecule has 0 aliphatic rings. The molecule has 0 rings (SSSR count). The van der Waals surface area contributed by atoms with E-state index in [9.17, 15) is 0 Å². The number of rotatable bonds is 4. The Hall–Kier alpha value is 1.13. The van der Waals surface area contributed by atoms with Crippen molar-refractivity contribution in [2.75, 3.05) is 0 Å². The third kappa shape index (κ3) is 11.9. The molecule has 0 amide bonds. The Bertz CT molecular complexity index is 59.1. The van der Waals surface area contributed by atoms with Crippen LogP contribution < -0.4 is 0 Å². The summed E-state index contributed by atoms with van der Waals surface area (Å²) in [5, 5.41) is 2.97. The summed E-state index contributed by atoms with van der Waals surface area (Å²) in [6.07, 6.45) is 0. The summed E-state index contributed by atoms with van der Waals surface area (Å²) < 4.78 is 0. The van der Waals surface area contributed by atoms with Gasteiger partial charge in [-0.25, -0.2) is 0 Å². The summed E-state index contributed by atoms with van der Waals surface area (Å²) in [5.74, 6) is 1.86. The zero-order valence-corrected chi connectivity index (χ0v) is 8.30. The van der Waals surface area contributed by atoms with Gasteiger partial charge in [-0.1, -0.05) is 0 Å². The van der Waals surface area contributed by atoms with E-state index in [2.05, 4.69) is 27.7 Å². The van der Waals surface area contributed by atoms with Crippen LogP contribution in [0.2, 0.25) is 10.6 Å². The predicted octanol–water partition coefficient (Wildman–Crippen LogP) is 2.30. The third-order valence-electron chi connectivity index (χ3n) is 1.28. The van der Waals surface area contributed by atoms with E-state index in [1.807, 2.05) is 0 Å². The molecule has 0 aromatic rings. The van der Waals surface area contributed by atoms with Gasteiger partial charge in [0.05, 0.1) is 0 Å². The standard InChI is InChI=1S/2C4H9.Al.Li.2H/c2*1-4(2)3;;;;/h2*4H,1H2,2-3H3;;;;/q;;+1;;;-1. The van der Waals surface area contributed by atoms with Crippen LogP contribution in [-0.2, 0) is 0 Å². The Labute approximate surface area is 85.5 Å². The average molecular weight is 150 g/mol. The quantitative estimate of drug-likeness (QED) is 0.539. The first-order valence-electron chi connectivity index (χ1n) is 3.94. The fourth-order valence-corrected chi connectivity index (χ4v) is 2.29. The maximum atomic E-state index is 2.31. The van der Waals surface area contributed by atoms with Crippen LogP contribution in [0.25, 0.3) is 0 Å². The van der Waals surface area contributed by atoms with Crippen LogP contribution in [0.15, 0.2) is 0 Å². The molecule has 0 spiro atoms. The average Bonchev–Trinajstić information content (AvgIpc) is 1.63. The third-order valence-corrected chi connectivity index (χ3v) is 3.83. The molecule has 0 aliphatic heterocycles. The molecule has 2 heteroatoms. The van der Waals surface area contributed by atoms with Crippen molar-refractivity contribution in [2.24, 2.45) is 11.8 Å². The van der Waals surface area contributed by atoms with Gasteiger partial charge in [-0.2, -0.15) is 0 Å². The second kappa shape index (κ2) is 8.23. The Morgan fingerprint density at radius 2 is 1.30 bits per heavy atom. The van der Waals surface area contributed by atoms with Gasteiger partial charge in [0, 0.05) is 0 Å². The molecule has 0 unspecified atom stereocenters. The van der Waals surface area contributed by atoms with Gasteiger partial charge in [0.25, 0.3) is 0 Å². The van der Waals surface area contributed by atoms with E-state index in [4.69, 9.17) is 0 Å². The summed E-state index contributed by atoms with van der Waals surface area (Å²) in [5.41, 5.74) is 0. The van der Waals surface area contributed by atoms with Gasteiger partial charge >= 0.3 is 84.2 Å². The van der Waals surface area contributed by atoms with E-state index in [1.54, 1.807) is 0 Å². The van der Waals surface area contributed by atoms with Crippen LogP contribution in [0.1, 0.15) is 29.1 Å². The molecule has 10 heavy (non-hydrogen) atoms. The van der Waals surface area contributed by atoms with Gasteiger partial charge in [0.1, 0.15) is 0 Å². The van der Waals surface area contributed by atoms with Crippen molar-refractivity contribution in [1.82, 2.24) is 0 Å². The fraction of sp³-hybridized carbons (Fsp3) is 1.00. The van der Waals surface area contributed by atoms with Crippen molar-refractivity contribution in [3.63, 3.8) is 0 Å². The first kappa shape index (κ1) is 13.7. The van der Waals surface area contributed by atoms with Gasteiger partial charge in [0.15, 0.2) is 0 Å². The van der Waals surface area contributed by atoms with Gasteiger partial charge in [-0.3, -0.25) is 0 Å². The second-order valence-electron chi connectivity index (χ2n) is 3.55. The Morgan fingerprint density at radius 1 is 1.00 bits per heavy atom. The van der Waals surface area contributed by atoms with Crippen LogP contribution in [0, 0.1) is 11.8 Å². The van der Waals surface area contributed by atoms with E-state index < -0.39 is 0 Å². The fourth-order valence-electron chi connectivity index (χ4n) is 0.763. The van der Waals surface area contributed by atoms with E-state index in [0.717, 1.165) is 27.1 Å². The van der Waals surface area contributed by atoms with E-state index in [0.29, 0.717) is 0 Å².